The van der Waals surface area contributed by atoms with Crippen LogP contribution in [0.4, 0.5) is 19.0 Å². The fourth-order valence-corrected chi connectivity index (χ4v) is 6.79. The number of morpholine rings is 1. The number of likely N-dealkylation sites (tertiary alicyclic amines) is 1. The van der Waals surface area contributed by atoms with Gasteiger partial charge in [-0.05, 0) is 67.3 Å². The summed E-state index contributed by atoms with van der Waals surface area (Å²) in [6, 6.07) is 13.2. The van der Waals surface area contributed by atoms with Gasteiger partial charge in [-0.15, -0.1) is 0 Å². The lowest BCUT2D eigenvalue weighted by atomic mass is 10.00. The average Bonchev–Trinajstić information content (AvgIpc) is 3.32. The summed E-state index contributed by atoms with van der Waals surface area (Å²) in [5.41, 5.74) is 2.31. The molecule has 2 aromatic carbocycles. The quantitative estimate of drug-likeness (QED) is 0.282. The van der Waals surface area contributed by atoms with Gasteiger partial charge in [0.05, 0.1) is 24.2 Å². The van der Waals surface area contributed by atoms with Crippen LogP contribution in [0, 0.1) is 24.1 Å². The molecular formula is C32H33F3N6O2. The van der Waals surface area contributed by atoms with Crippen molar-refractivity contribution in [1.82, 2.24) is 24.4 Å². The van der Waals surface area contributed by atoms with E-state index in [-0.39, 0.29) is 17.1 Å². The number of nitrogens with zero attached hydrogens (tertiary/aromatic N) is 6. The highest BCUT2D eigenvalue weighted by Crippen LogP contribution is 2.60. The molecule has 0 bridgehead atoms. The van der Waals surface area contributed by atoms with Crippen LogP contribution in [0.25, 0.3) is 16.9 Å². The van der Waals surface area contributed by atoms with Crippen molar-refractivity contribution in [3.63, 3.8) is 0 Å². The van der Waals surface area contributed by atoms with Gasteiger partial charge in [-0.25, -0.2) is 28.1 Å². The second-order valence-corrected chi connectivity index (χ2v) is 11.9. The van der Waals surface area contributed by atoms with Gasteiger partial charge in [0, 0.05) is 44.2 Å². The molecule has 2 aromatic heterocycles. The Morgan fingerprint density at radius 1 is 1.05 bits per heavy atom. The molecule has 11 heteroatoms. The Morgan fingerprint density at radius 2 is 1.84 bits per heavy atom. The van der Waals surface area contributed by atoms with Gasteiger partial charge in [-0.1, -0.05) is 18.2 Å². The van der Waals surface area contributed by atoms with Crippen LogP contribution in [-0.2, 0) is 11.2 Å². The van der Waals surface area contributed by atoms with E-state index < -0.39 is 12.2 Å². The molecule has 1 saturated carbocycles. The van der Waals surface area contributed by atoms with E-state index in [2.05, 4.69) is 9.88 Å². The fraction of sp³-hybridized carbons (Fsp3) is 0.438. The third-order valence-corrected chi connectivity index (χ3v) is 9.27. The highest BCUT2D eigenvalue weighted by molar-refractivity contribution is 5.96. The van der Waals surface area contributed by atoms with E-state index in [0.717, 1.165) is 24.8 Å². The average molecular weight is 591 g/mol. The van der Waals surface area contributed by atoms with Crippen LogP contribution >= 0.6 is 0 Å². The van der Waals surface area contributed by atoms with E-state index >= 15 is 0 Å². The molecule has 3 fully saturated rings. The van der Waals surface area contributed by atoms with Crippen LogP contribution in [0.15, 0.2) is 48.5 Å². The van der Waals surface area contributed by atoms with Crippen molar-refractivity contribution in [3.8, 4) is 5.82 Å². The minimum atomic E-state index is -2.77. The molecule has 224 valence electrons. The molecule has 8 nitrogen and oxygen atoms in total. The largest absolute Gasteiger partial charge is 0.378 e. The number of halogens is 3. The first kappa shape index (κ1) is 27.8. The minimum absolute atomic E-state index is 0.0605. The molecule has 4 heterocycles. The highest BCUT2D eigenvalue weighted by Gasteiger charge is 2.57. The number of ether oxygens (including phenoxy) is 1. The lowest BCUT2D eigenvalue weighted by molar-refractivity contribution is 0.0782. The van der Waals surface area contributed by atoms with E-state index in [0.29, 0.717) is 85.8 Å². The molecule has 2 aliphatic heterocycles. The summed E-state index contributed by atoms with van der Waals surface area (Å²) in [7, 11) is 0. The van der Waals surface area contributed by atoms with Gasteiger partial charge in [-0.2, -0.15) is 0 Å². The number of carbonyl (C=O) groups excluding carboxylic acids is 1. The van der Waals surface area contributed by atoms with Gasteiger partial charge < -0.3 is 14.5 Å². The zero-order valence-electron chi connectivity index (χ0n) is 24.0. The molecule has 1 aliphatic carbocycles. The maximum atomic E-state index is 14.2. The Morgan fingerprint density at radius 3 is 2.65 bits per heavy atom. The first-order chi connectivity index (χ1) is 20.8. The lowest BCUT2D eigenvalue weighted by Gasteiger charge is -2.28. The molecule has 43 heavy (non-hydrogen) atoms. The Hall–Kier alpha value is -3.99. The van der Waals surface area contributed by atoms with Crippen molar-refractivity contribution in [3.05, 3.63) is 77.1 Å². The number of hydrogen-bond acceptors (Lipinski definition) is 6. The predicted octanol–water partition coefficient (Wildman–Crippen LogP) is 5.52. The van der Waals surface area contributed by atoms with Crippen LogP contribution in [0.5, 0.6) is 0 Å². The summed E-state index contributed by atoms with van der Waals surface area (Å²) in [6.45, 7) is 5.59. The first-order valence-electron chi connectivity index (χ1n) is 14.8. The second kappa shape index (κ2) is 10.9. The van der Waals surface area contributed by atoms with Gasteiger partial charge in [-0.3, -0.25) is 9.36 Å². The summed E-state index contributed by atoms with van der Waals surface area (Å²) >= 11 is 0. The maximum Gasteiger partial charge on any atom is 0.296 e. The summed E-state index contributed by atoms with van der Waals surface area (Å²) in [5.74, 6) is 1.20. The van der Waals surface area contributed by atoms with Gasteiger partial charge in [0.15, 0.2) is 5.82 Å². The SMILES string of the molecule is Cc1ccc(F)cc1C(=O)N1CCC2(CC2CCc2nc(N3CCOCC3)cc(-n3c(C(F)F)nc4ccccc43)n2)C1. The summed E-state index contributed by atoms with van der Waals surface area (Å²) in [4.78, 5) is 31.0. The summed E-state index contributed by atoms with van der Waals surface area (Å²) in [6.07, 6.45) is 0.575. The maximum absolute atomic E-state index is 14.2. The zero-order chi connectivity index (χ0) is 29.7. The standard InChI is InChI=1S/C32H33F3N6O2/c1-20-6-8-22(33)16-23(20)31(42)40-11-10-32(19-40)18-21(32)7-9-26-37-27(39-12-14-43-15-13-39)17-28(38-26)41-25-5-3-2-4-24(25)36-30(41)29(34)35/h2-6,8,16-17,21,29H,7,9-15,18-19H2,1H3. The number of aryl methyl sites for hydroxylation is 2. The smallest absolute Gasteiger partial charge is 0.296 e. The number of para-hydroxylation sites is 2. The summed E-state index contributed by atoms with van der Waals surface area (Å²) in [5, 5.41) is 0. The lowest BCUT2D eigenvalue weighted by Crippen LogP contribution is -2.37. The second-order valence-electron chi connectivity index (χ2n) is 11.9. The fourth-order valence-electron chi connectivity index (χ4n) is 6.79. The molecule has 7 rings (SSSR count). The Bertz CT molecular complexity index is 1690. The van der Waals surface area contributed by atoms with Crippen LogP contribution < -0.4 is 4.90 Å². The van der Waals surface area contributed by atoms with E-state index in [9.17, 15) is 18.0 Å². The molecule has 3 aliphatic rings. The topological polar surface area (TPSA) is 76.4 Å². The van der Waals surface area contributed by atoms with Gasteiger partial charge in [0.2, 0.25) is 0 Å². The molecule has 2 unspecified atom stereocenters. The van der Waals surface area contributed by atoms with Gasteiger partial charge in [0.25, 0.3) is 12.3 Å². The van der Waals surface area contributed by atoms with E-state index in [4.69, 9.17) is 14.7 Å². The minimum Gasteiger partial charge on any atom is -0.378 e. The number of imidazole rings is 1. The van der Waals surface area contributed by atoms with Crippen LogP contribution in [0.1, 0.15) is 53.3 Å². The number of anilines is 1. The number of benzene rings is 2. The number of alkyl halides is 2. The van der Waals surface area contributed by atoms with E-state index in [1.807, 2.05) is 11.8 Å². The molecule has 4 aromatic rings. The Labute approximate surface area is 247 Å². The number of fused-ring (bicyclic) bond motifs is 1. The van der Waals surface area contributed by atoms with Crippen molar-refractivity contribution >= 4 is 22.8 Å². The number of aromatic nitrogens is 4. The summed E-state index contributed by atoms with van der Waals surface area (Å²) < 4.78 is 49.2. The number of amides is 1. The zero-order valence-corrected chi connectivity index (χ0v) is 24.0. The monoisotopic (exact) mass is 590 g/mol. The molecule has 1 spiro atoms. The number of carbonyl (C=O) groups is 1. The van der Waals surface area contributed by atoms with Crippen molar-refractivity contribution < 1.29 is 22.7 Å². The van der Waals surface area contributed by atoms with Crippen molar-refractivity contribution in [2.75, 3.05) is 44.3 Å². The third kappa shape index (κ3) is 5.24. The number of rotatable bonds is 7. The predicted molar refractivity (Wildman–Crippen MR) is 155 cm³/mol. The van der Waals surface area contributed by atoms with E-state index in [1.165, 1.54) is 16.7 Å². The molecule has 1 amide bonds. The Kier molecular flexibility index (Phi) is 7.07. The molecule has 0 N–H and O–H groups in total. The van der Waals surface area contributed by atoms with Crippen molar-refractivity contribution in [1.29, 1.82) is 0 Å². The molecular weight excluding hydrogens is 557 g/mol. The first-order valence-corrected chi connectivity index (χ1v) is 14.8. The Balaban J connectivity index is 1.12. The van der Waals surface area contributed by atoms with Gasteiger partial charge >= 0.3 is 0 Å². The van der Waals surface area contributed by atoms with Crippen molar-refractivity contribution in [2.45, 2.75) is 39.0 Å². The number of hydrogen-bond donors (Lipinski definition) is 0. The highest BCUT2D eigenvalue weighted by atomic mass is 19.3. The van der Waals surface area contributed by atoms with E-state index in [1.54, 1.807) is 36.4 Å². The van der Waals surface area contributed by atoms with Crippen LogP contribution in [-0.4, -0.2) is 69.7 Å². The van der Waals surface area contributed by atoms with Crippen molar-refractivity contribution in [2.24, 2.45) is 11.3 Å². The normalized spacial score (nSPS) is 21.8. The van der Waals surface area contributed by atoms with Gasteiger partial charge in [0.1, 0.15) is 23.3 Å². The van der Waals surface area contributed by atoms with Crippen LogP contribution in [0.2, 0.25) is 0 Å². The molecule has 2 atom stereocenters. The molecule has 0 radical (unpaired) electrons. The van der Waals surface area contributed by atoms with Crippen LogP contribution in [0.3, 0.4) is 0 Å². The molecule has 2 saturated heterocycles. The third-order valence-electron chi connectivity index (χ3n) is 9.27.